The van der Waals surface area contributed by atoms with Crippen LogP contribution in [0.2, 0.25) is 0 Å². The maximum Gasteiger partial charge on any atom is 0.131 e. The molecule has 0 saturated heterocycles. The van der Waals surface area contributed by atoms with Crippen LogP contribution in [0.1, 0.15) is 31.9 Å². The van der Waals surface area contributed by atoms with Gasteiger partial charge in [-0.05, 0) is 37.1 Å². The van der Waals surface area contributed by atoms with Gasteiger partial charge < -0.3 is 5.32 Å². The van der Waals surface area contributed by atoms with E-state index in [4.69, 9.17) is 0 Å². The Morgan fingerprint density at radius 3 is 2.32 bits per heavy atom. The molecule has 0 heterocycles. The maximum atomic E-state index is 14.0. The third-order valence-corrected chi connectivity index (χ3v) is 3.29. The fourth-order valence-corrected chi connectivity index (χ4v) is 2.27. The first kappa shape index (κ1) is 13.8. The van der Waals surface area contributed by atoms with Crippen LogP contribution in [0.4, 0.5) is 4.39 Å². The lowest BCUT2D eigenvalue weighted by atomic mass is 9.95. The Morgan fingerprint density at radius 2 is 1.63 bits per heavy atom. The van der Waals surface area contributed by atoms with Gasteiger partial charge in [-0.15, -0.1) is 0 Å². The standard InChI is InChI=1S/C17H20FN/c1-3-12-19-13(2)14-8-4-5-9-15(14)16-10-6-7-11-17(16)18/h4-11,13,19H,3,12H2,1-2H3. The summed E-state index contributed by atoms with van der Waals surface area (Å²) in [5, 5.41) is 3.46. The summed E-state index contributed by atoms with van der Waals surface area (Å²) in [6, 6.07) is 15.2. The SMILES string of the molecule is CCCNC(C)c1ccccc1-c1ccccc1F. The molecule has 0 aliphatic heterocycles. The second-order valence-electron chi connectivity index (χ2n) is 4.74. The first-order chi connectivity index (χ1) is 9.24. The Hall–Kier alpha value is -1.67. The molecule has 0 aliphatic carbocycles. The lowest BCUT2D eigenvalue weighted by Crippen LogP contribution is -2.19. The molecule has 0 spiro atoms. The van der Waals surface area contributed by atoms with E-state index in [2.05, 4.69) is 25.2 Å². The molecule has 0 aromatic heterocycles. The van der Waals surface area contributed by atoms with Crippen molar-refractivity contribution in [3.63, 3.8) is 0 Å². The zero-order chi connectivity index (χ0) is 13.7. The molecule has 19 heavy (non-hydrogen) atoms. The highest BCUT2D eigenvalue weighted by molar-refractivity contribution is 5.68. The lowest BCUT2D eigenvalue weighted by Gasteiger charge is -2.18. The van der Waals surface area contributed by atoms with Crippen molar-refractivity contribution in [2.75, 3.05) is 6.54 Å². The van der Waals surface area contributed by atoms with Gasteiger partial charge in [-0.3, -0.25) is 0 Å². The number of hydrogen-bond acceptors (Lipinski definition) is 1. The van der Waals surface area contributed by atoms with E-state index in [1.54, 1.807) is 6.07 Å². The first-order valence-electron chi connectivity index (χ1n) is 6.81. The van der Waals surface area contributed by atoms with E-state index in [1.807, 2.05) is 30.3 Å². The predicted octanol–water partition coefficient (Wildman–Crippen LogP) is 4.55. The molecule has 0 saturated carbocycles. The number of benzene rings is 2. The van der Waals surface area contributed by atoms with Gasteiger partial charge in [-0.1, -0.05) is 49.4 Å². The van der Waals surface area contributed by atoms with Crippen molar-refractivity contribution in [1.82, 2.24) is 5.32 Å². The molecule has 2 aromatic rings. The molecule has 0 bridgehead atoms. The molecular weight excluding hydrogens is 237 g/mol. The number of hydrogen-bond donors (Lipinski definition) is 1. The van der Waals surface area contributed by atoms with Gasteiger partial charge in [0.25, 0.3) is 0 Å². The van der Waals surface area contributed by atoms with Crippen molar-refractivity contribution in [3.05, 3.63) is 59.9 Å². The minimum atomic E-state index is -0.169. The Labute approximate surface area is 114 Å². The average Bonchev–Trinajstić information content (AvgIpc) is 2.45. The Kier molecular flexibility index (Phi) is 4.69. The van der Waals surface area contributed by atoms with Crippen molar-refractivity contribution in [3.8, 4) is 11.1 Å². The third-order valence-electron chi connectivity index (χ3n) is 3.29. The summed E-state index contributed by atoms with van der Waals surface area (Å²) in [4.78, 5) is 0. The molecule has 100 valence electrons. The molecule has 0 radical (unpaired) electrons. The van der Waals surface area contributed by atoms with Crippen LogP contribution in [0.5, 0.6) is 0 Å². The van der Waals surface area contributed by atoms with Crippen molar-refractivity contribution < 1.29 is 4.39 Å². The second-order valence-corrected chi connectivity index (χ2v) is 4.74. The Balaban J connectivity index is 2.39. The largest absolute Gasteiger partial charge is 0.310 e. The summed E-state index contributed by atoms with van der Waals surface area (Å²) in [5.41, 5.74) is 2.78. The Morgan fingerprint density at radius 1 is 1.00 bits per heavy atom. The quantitative estimate of drug-likeness (QED) is 0.828. The lowest BCUT2D eigenvalue weighted by molar-refractivity contribution is 0.571. The molecule has 1 N–H and O–H groups in total. The molecule has 0 amide bonds. The van der Waals surface area contributed by atoms with Crippen LogP contribution in [-0.4, -0.2) is 6.54 Å². The summed E-state index contributed by atoms with van der Waals surface area (Å²) in [6.45, 7) is 5.23. The highest BCUT2D eigenvalue weighted by Gasteiger charge is 2.13. The van der Waals surface area contributed by atoms with Gasteiger partial charge >= 0.3 is 0 Å². The van der Waals surface area contributed by atoms with E-state index in [0.717, 1.165) is 24.1 Å². The van der Waals surface area contributed by atoms with Crippen molar-refractivity contribution in [2.45, 2.75) is 26.3 Å². The zero-order valence-corrected chi connectivity index (χ0v) is 11.5. The fourth-order valence-electron chi connectivity index (χ4n) is 2.27. The van der Waals surface area contributed by atoms with E-state index < -0.39 is 0 Å². The number of nitrogens with one attached hydrogen (secondary N) is 1. The highest BCUT2D eigenvalue weighted by atomic mass is 19.1. The second kappa shape index (κ2) is 6.48. The van der Waals surface area contributed by atoms with Gasteiger partial charge in [0.05, 0.1) is 0 Å². The molecule has 2 aromatic carbocycles. The van der Waals surface area contributed by atoms with E-state index >= 15 is 0 Å². The van der Waals surface area contributed by atoms with Gasteiger partial charge in [0.2, 0.25) is 0 Å². The van der Waals surface area contributed by atoms with Crippen LogP contribution in [0.15, 0.2) is 48.5 Å². The van der Waals surface area contributed by atoms with Gasteiger partial charge in [-0.25, -0.2) is 4.39 Å². The van der Waals surface area contributed by atoms with Crippen LogP contribution in [0.3, 0.4) is 0 Å². The van der Waals surface area contributed by atoms with Gasteiger partial charge in [0, 0.05) is 11.6 Å². The topological polar surface area (TPSA) is 12.0 Å². The smallest absolute Gasteiger partial charge is 0.131 e. The van der Waals surface area contributed by atoms with E-state index in [-0.39, 0.29) is 11.9 Å². The van der Waals surface area contributed by atoms with E-state index in [1.165, 1.54) is 6.07 Å². The van der Waals surface area contributed by atoms with Crippen LogP contribution in [0.25, 0.3) is 11.1 Å². The molecule has 1 nitrogen and oxygen atoms in total. The summed E-state index contributed by atoms with van der Waals surface area (Å²) < 4.78 is 14.0. The monoisotopic (exact) mass is 257 g/mol. The van der Waals surface area contributed by atoms with Gasteiger partial charge in [0.15, 0.2) is 0 Å². The molecule has 0 fully saturated rings. The van der Waals surface area contributed by atoms with Crippen LogP contribution in [0, 0.1) is 5.82 Å². The van der Waals surface area contributed by atoms with Gasteiger partial charge in [0.1, 0.15) is 5.82 Å². The minimum absolute atomic E-state index is 0.169. The van der Waals surface area contributed by atoms with Crippen LogP contribution < -0.4 is 5.32 Å². The molecule has 0 aliphatic rings. The van der Waals surface area contributed by atoms with Crippen LogP contribution >= 0.6 is 0 Å². The molecule has 2 rings (SSSR count). The Bertz CT molecular complexity index is 536. The average molecular weight is 257 g/mol. The van der Waals surface area contributed by atoms with E-state index in [0.29, 0.717) is 5.56 Å². The van der Waals surface area contributed by atoms with Gasteiger partial charge in [-0.2, -0.15) is 0 Å². The zero-order valence-electron chi connectivity index (χ0n) is 11.5. The van der Waals surface area contributed by atoms with Crippen molar-refractivity contribution in [2.24, 2.45) is 0 Å². The molecule has 1 unspecified atom stereocenters. The summed E-state index contributed by atoms with van der Waals surface area (Å²) in [7, 11) is 0. The van der Waals surface area contributed by atoms with E-state index in [9.17, 15) is 4.39 Å². The van der Waals surface area contributed by atoms with Crippen molar-refractivity contribution >= 4 is 0 Å². The fraction of sp³-hybridized carbons (Fsp3) is 0.294. The van der Waals surface area contributed by atoms with Crippen LogP contribution in [-0.2, 0) is 0 Å². The number of halogens is 1. The minimum Gasteiger partial charge on any atom is -0.310 e. The van der Waals surface area contributed by atoms with Crippen molar-refractivity contribution in [1.29, 1.82) is 0 Å². The summed E-state index contributed by atoms with van der Waals surface area (Å²) >= 11 is 0. The highest BCUT2D eigenvalue weighted by Crippen LogP contribution is 2.29. The third kappa shape index (κ3) is 3.21. The summed E-state index contributed by atoms with van der Waals surface area (Å²) in [6.07, 6.45) is 1.09. The predicted molar refractivity (Wildman–Crippen MR) is 78.5 cm³/mol. The normalized spacial score (nSPS) is 12.4. The maximum absolute atomic E-state index is 14.0. The molecule has 1 atom stereocenters. The summed E-state index contributed by atoms with van der Waals surface area (Å²) in [5.74, 6) is -0.169. The first-order valence-corrected chi connectivity index (χ1v) is 6.81. The molecule has 2 heteroatoms. The number of rotatable bonds is 5. The molecular formula is C17H20FN.